The fraction of sp³-hybridized carbons (Fsp3) is 0.222. The van der Waals surface area contributed by atoms with Crippen LogP contribution in [0.2, 0.25) is 0 Å². The number of ether oxygens (including phenoxy) is 1. The number of benzene rings is 2. The zero-order valence-corrected chi connectivity index (χ0v) is 15.8. The van der Waals surface area contributed by atoms with Crippen LogP contribution >= 0.6 is 12.2 Å². The molecule has 0 unspecified atom stereocenters. The topological polar surface area (TPSA) is 72.5 Å². The van der Waals surface area contributed by atoms with Gasteiger partial charge in [-0.3, -0.25) is 9.52 Å². The molecule has 0 aliphatic carbocycles. The highest BCUT2D eigenvalue weighted by molar-refractivity contribution is 7.92. The maximum atomic E-state index is 12.5. The van der Waals surface area contributed by atoms with Crippen LogP contribution in [0.15, 0.2) is 47.4 Å². The Hall–Kier alpha value is -2.25. The number of carbonyl (C=O) groups excluding carboxylic acids is 1. The van der Waals surface area contributed by atoms with Gasteiger partial charge in [-0.15, -0.1) is 0 Å². The van der Waals surface area contributed by atoms with Crippen LogP contribution in [-0.2, 0) is 14.8 Å². The fourth-order valence-corrected chi connectivity index (χ4v) is 3.58. The summed E-state index contributed by atoms with van der Waals surface area (Å²) < 4.78 is 32.5. The average Bonchev–Trinajstić information content (AvgIpc) is 2.52. The Kier molecular flexibility index (Phi) is 5.92. The second-order valence-electron chi connectivity index (χ2n) is 5.71. The van der Waals surface area contributed by atoms with Gasteiger partial charge in [-0.25, -0.2) is 8.42 Å². The number of hydrogen-bond donors (Lipinski definition) is 1. The van der Waals surface area contributed by atoms with E-state index in [4.69, 9.17) is 17.0 Å². The van der Waals surface area contributed by atoms with Crippen molar-refractivity contribution in [3.63, 3.8) is 0 Å². The van der Waals surface area contributed by atoms with Crippen molar-refractivity contribution in [1.82, 2.24) is 0 Å². The molecule has 1 N–H and O–H groups in total. The summed E-state index contributed by atoms with van der Waals surface area (Å²) in [5, 5.41) is 0.297. The van der Waals surface area contributed by atoms with E-state index in [1.54, 1.807) is 31.2 Å². The normalized spacial score (nSPS) is 11.0. The number of anilines is 1. The molecule has 2 aromatic rings. The standard InChI is InChI=1S/C18H19NO4S2/c1-12-8-13(2)10-17(9-12)25(21,22)19-16-6-4-15(5-7-16)18(20)11-23-14(3)24/h4-10,19H,11H2,1-3H3. The molecule has 0 fully saturated rings. The third-order valence-electron chi connectivity index (χ3n) is 3.37. The van der Waals surface area contributed by atoms with Crippen molar-refractivity contribution in [3.8, 4) is 0 Å². The third-order valence-corrected chi connectivity index (χ3v) is 4.85. The van der Waals surface area contributed by atoms with Crippen molar-refractivity contribution in [1.29, 1.82) is 0 Å². The van der Waals surface area contributed by atoms with Crippen LogP contribution in [0.4, 0.5) is 5.69 Å². The van der Waals surface area contributed by atoms with Crippen molar-refractivity contribution in [2.24, 2.45) is 0 Å². The van der Waals surface area contributed by atoms with Crippen molar-refractivity contribution in [2.45, 2.75) is 25.7 Å². The molecule has 0 radical (unpaired) electrons. The quantitative estimate of drug-likeness (QED) is 0.614. The highest BCUT2D eigenvalue weighted by Crippen LogP contribution is 2.19. The predicted octanol–water partition coefficient (Wildman–Crippen LogP) is 3.65. The first-order valence-electron chi connectivity index (χ1n) is 7.55. The number of sulfonamides is 1. The first-order valence-corrected chi connectivity index (χ1v) is 9.44. The summed E-state index contributed by atoms with van der Waals surface area (Å²) in [5.74, 6) is -0.229. The maximum Gasteiger partial charge on any atom is 0.261 e. The summed E-state index contributed by atoms with van der Waals surface area (Å²) in [6.07, 6.45) is 0. The van der Waals surface area contributed by atoms with Gasteiger partial charge in [0.05, 0.1) is 4.90 Å². The monoisotopic (exact) mass is 377 g/mol. The van der Waals surface area contributed by atoms with Crippen molar-refractivity contribution in [3.05, 3.63) is 59.2 Å². The zero-order chi connectivity index (χ0) is 18.6. The molecule has 0 heterocycles. The highest BCUT2D eigenvalue weighted by Gasteiger charge is 2.15. The first kappa shape index (κ1) is 19.1. The average molecular weight is 377 g/mol. The lowest BCUT2D eigenvalue weighted by atomic mass is 10.1. The number of rotatable bonds is 6. The molecule has 5 nitrogen and oxygen atoms in total. The molecule has 0 saturated heterocycles. The van der Waals surface area contributed by atoms with E-state index in [0.717, 1.165) is 11.1 Å². The van der Waals surface area contributed by atoms with Gasteiger partial charge >= 0.3 is 0 Å². The van der Waals surface area contributed by atoms with Gasteiger partial charge in [0.1, 0.15) is 0 Å². The van der Waals surface area contributed by atoms with E-state index in [9.17, 15) is 13.2 Å². The van der Waals surface area contributed by atoms with E-state index >= 15 is 0 Å². The summed E-state index contributed by atoms with van der Waals surface area (Å²) in [4.78, 5) is 12.1. The van der Waals surface area contributed by atoms with Gasteiger partial charge in [0.25, 0.3) is 10.0 Å². The number of ketones is 1. The van der Waals surface area contributed by atoms with E-state index < -0.39 is 10.0 Å². The Morgan fingerprint density at radius 2 is 1.64 bits per heavy atom. The van der Waals surface area contributed by atoms with Crippen molar-refractivity contribution >= 4 is 38.8 Å². The molecular formula is C18H19NO4S2. The van der Waals surface area contributed by atoms with Gasteiger partial charge in [0, 0.05) is 18.2 Å². The Balaban J connectivity index is 2.15. The van der Waals surface area contributed by atoms with Crippen LogP contribution in [0.3, 0.4) is 0 Å². The molecule has 132 valence electrons. The molecule has 0 atom stereocenters. The Labute approximate surface area is 153 Å². The van der Waals surface area contributed by atoms with Crippen LogP contribution in [0.1, 0.15) is 28.4 Å². The van der Waals surface area contributed by atoms with Crippen molar-refractivity contribution in [2.75, 3.05) is 11.3 Å². The Morgan fingerprint density at radius 3 is 2.16 bits per heavy atom. The molecule has 0 spiro atoms. The number of carbonyl (C=O) groups is 1. The van der Waals surface area contributed by atoms with Crippen LogP contribution < -0.4 is 4.72 Å². The van der Waals surface area contributed by atoms with Gasteiger partial charge in [-0.05, 0) is 73.6 Å². The smallest absolute Gasteiger partial charge is 0.261 e. The molecule has 2 rings (SSSR count). The van der Waals surface area contributed by atoms with Gasteiger partial charge in [-0.1, -0.05) is 6.07 Å². The summed E-state index contributed by atoms with van der Waals surface area (Å²) in [6, 6.07) is 11.3. The first-order chi connectivity index (χ1) is 11.7. The highest BCUT2D eigenvalue weighted by atomic mass is 32.2. The van der Waals surface area contributed by atoms with Crippen LogP contribution in [0.25, 0.3) is 0 Å². The number of hydrogen-bond acceptors (Lipinski definition) is 5. The molecule has 0 aromatic heterocycles. The van der Waals surface area contributed by atoms with Crippen LogP contribution in [0, 0.1) is 13.8 Å². The lowest BCUT2D eigenvalue weighted by Gasteiger charge is -2.10. The van der Waals surface area contributed by atoms with E-state index in [1.807, 2.05) is 19.9 Å². The minimum absolute atomic E-state index is 0.136. The Bertz CT molecular complexity index is 883. The van der Waals surface area contributed by atoms with Crippen molar-refractivity contribution < 1.29 is 17.9 Å². The second-order valence-corrected chi connectivity index (χ2v) is 7.97. The van der Waals surface area contributed by atoms with Crippen LogP contribution in [-0.4, -0.2) is 25.9 Å². The molecule has 2 aromatic carbocycles. The lowest BCUT2D eigenvalue weighted by molar-refractivity contribution is 0.0915. The van der Waals surface area contributed by atoms with E-state index in [1.165, 1.54) is 12.1 Å². The second kappa shape index (κ2) is 7.76. The maximum absolute atomic E-state index is 12.5. The molecule has 25 heavy (non-hydrogen) atoms. The van der Waals surface area contributed by atoms with E-state index in [0.29, 0.717) is 16.3 Å². The number of Topliss-reactive ketones (excluding diaryl/α,β-unsaturated/α-hetero) is 1. The number of aryl methyl sites for hydroxylation is 2. The molecular weight excluding hydrogens is 358 g/mol. The Morgan fingerprint density at radius 1 is 1.08 bits per heavy atom. The third kappa shape index (κ3) is 5.37. The lowest BCUT2D eigenvalue weighted by Crippen LogP contribution is -2.14. The summed E-state index contributed by atoms with van der Waals surface area (Å²) in [7, 11) is -3.69. The van der Waals surface area contributed by atoms with Gasteiger partial charge in [0.15, 0.2) is 17.4 Å². The summed E-state index contributed by atoms with van der Waals surface area (Å²) >= 11 is 4.76. The molecule has 0 amide bonds. The summed E-state index contributed by atoms with van der Waals surface area (Å²) in [6.45, 7) is 5.14. The number of thiocarbonyl (C=S) groups is 1. The largest absolute Gasteiger partial charge is 0.479 e. The minimum Gasteiger partial charge on any atom is -0.479 e. The fourth-order valence-electron chi connectivity index (χ4n) is 2.28. The molecule has 7 heteroatoms. The predicted molar refractivity (Wildman–Crippen MR) is 102 cm³/mol. The van der Waals surface area contributed by atoms with E-state index in [2.05, 4.69) is 4.72 Å². The van der Waals surface area contributed by atoms with Gasteiger partial charge < -0.3 is 4.74 Å². The number of nitrogens with one attached hydrogen (secondary N) is 1. The van der Waals surface area contributed by atoms with E-state index in [-0.39, 0.29) is 17.3 Å². The summed E-state index contributed by atoms with van der Waals surface area (Å²) in [5.41, 5.74) is 2.54. The van der Waals surface area contributed by atoms with Gasteiger partial charge in [-0.2, -0.15) is 0 Å². The SMILES string of the molecule is CC(=S)OCC(=O)c1ccc(NS(=O)(=O)c2cc(C)cc(C)c2)cc1. The molecule has 0 aliphatic rings. The molecule has 0 bridgehead atoms. The molecule has 0 aliphatic heterocycles. The zero-order valence-electron chi connectivity index (χ0n) is 14.2. The molecule has 0 saturated carbocycles. The minimum atomic E-state index is -3.69. The van der Waals surface area contributed by atoms with Gasteiger partial charge in [0.2, 0.25) is 0 Å². The van der Waals surface area contributed by atoms with Crippen LogP contribution in [0.5, 0.6) is 0 Å².